The Morgan fingerprint density at radius 2 is 1.95 bits per heavy atom. The molecule has 0 aromatic heterocycles. The van der Waals surface area contributed by atoms with Crippen molar-refractivity contribution in [3.05, 3.63) is 29.3 Å². The monoisotopic (exact) mass is 264 g/mol. The van der Waals surface area contributed by atoms with Crippen molar-refractivity contribution in [2.45, 2.75) is 44.6 Å². The number of hydrogen-bond donors (Lipinski definition) is 1. The van der Waals surface area contributed by atoms with Crippen LogP contribution in [0, 0.1) is 0 Å². The van der Waals surface area contributed by atoms with Crippen LogP contribution in [0.25, 0.3) is 0 Å². The van der Waals surface area contributed by atoms with Crippen molar-refractivity contribution < 1.29 is 14.6 Å². The number of ether oxygens (including phenoxy) is 2. The van der Waals surface area contributed by atoms with Gasteiger partial charge in [0, 0.05) is 5.56 Å². The van der Waals surface area contributed by atoms with E-state index >= 15 is 0 Å². The van der Waals surface area contributed by atoms with Crippen molar-refractivity contribution in [3.8, 4) is 5.75 Å². The molecule has 106 valence electrons. The maximum atomic E-state index is 10.6. The summed E-state index contributed by atoms with van der Waals surface area (Å²) in [5, 5.41) is 10.6. The topological polar surface area (TPSA) is 38.7 Å². The lowest BCUT2D eigenvalue weighted by atomic mass is 9.66. The van der Waals surface area contributed by atoms with Gasteiger partial charge in [-0.05, 0) is 31.4 Å². The Balaban J connectivity index is 2.55. The molecule has 0 saturated carbocycles. The minimum atomic E-state index is -0.839. The van der Waals surface area contributed by atoms with Crippen molar-refractivity contribution in [2.24, 2.45) is 0 Å². The van der Waals surface area contributed by atoms with Crippen LogP contribution < -0.4 is 4.74 Å². The molecule has 0 spiro atoms. The number of hydrogen-bond acceptors (Lipinski definition) is 3. The average Bonchev–Trinajstić information content (AvgIpc) is 2.25. The largest absolute Gasteiger partial charge is 0.496 e. The molecule has 0 aliphatic carbocycles. The van der Waals surface area contributed by atoms with Crippen molar-refractivity contribution in [3.63, 3.8) is 0 Å². The van der Waals surface area contributed by atoms with Crippen LogP contribution in [0.4, 0.5) is 0 Å². The molecule has 19 heavy (non-hydrogen) atoms. The Morgan fingerprint density at radius 3 is 2.32 bits per heavy atom. The summed E-state index contributed by atoms with van der Waals surface area (Å²) in [5.74, 6) is 1.28. The summed E-state index contributed by atoms with van der Waals surface area (Å²) < 4.78 is 10.9. The van der Waals surface area contributed by atoms with Gasteiger partial charge in [-0.25, -0.2) is 0 Å². The highest BCUT2D eigenvalue weighted by Gasteiger charge is 2.53. The molecule has 1 aromatic rings. The van der Waals surface area contributed by atoms with E-state index in [9.17, 15) is 5.11 Å². The van der Waals surface area contributed by atoms with Crippen LogP contribution in [0.5, 0.6) is 5.75 Å². The van der Waals surface area contributed by atoms with Crippen LogP contribution in [0.3, 0.4) is 0 Å². The minimum Gasteiger partial charge on any atom is -0.496 e. The molecule has 0 amide bonds. The fourth-order valence-corrected chi connectivity index (χ4v) is 2.60. The lowest BCUT2D eigenvalue weighted by Gasteiger charge is -2.50. The highest BCUT2D eigenvalue weighted by Crippen LogP contribution is 2.46. The summed E-state index contributed by atoms with van der Waals surface area (Å²) in [6.45, 7) is 9.09. The van der Waals surface area contributed by atoms with Crippen LogP contribution in [0.15, 0.2) is 18.2 Å². The molecular weight excluding hydrogens is 240 g/mol. The molecule has 0 bridgehead atoms. The third kappa shape index (κ3) is 2.26. The summed E-state index contributed by atoms with van der Waals surface area (Å²) in [7, 11) is 1.67. The van der Waals surface area contributed by atoms with Gasteiger partial charge in [-0.3, -0.25) is 0 Å². The first-order valence-electron chi connectivity index (χ1n) is 6.80. The van der Waals surface area contributed by atoms with Crippen LogP contribution in [-0.2, 0) is 10.2 Å². The van der Waals surface area contributed by atoms with Gasteiger partial charge in [0.15, 0.2) is 0 Å². The predicted molar refractivity (Wildman–Crippen MR) is 75.9 cm³/mol. The van der Waals surface area contributed by atoms with Crippen molar-refractivity contribution in [2.75, 3.05) is 20.3 Å². The lowest BCUT2D eigenvalue weighted by Crippen LogP contribution is -2.60. The van der Waals surface area contributed by atoms with Gasteiger partial charge in [0.05, 0.1) is 31.3 Å². The molecule has 1 heterocycles. The molecule has 1 saturated heterocycles. The molecule has 1 N–H and O–H groups in total. The molecule has 0 atom stereocenters. The first-order valence-corrected chi connectivity index (χ1v) is 6.80. The Kier molecular flexibility index (Phi) is 3.63. The van der Waals surface area contributed by atoms with Crippen molar-refractivity contribution in [1.82, 2.24) is 0 Å². The van der Waals surface area contributed by atoms with E-state index in [1.165, 1.54) is 5.56 Å². The van der Waals surface area contributed by atoms with Gasteiger partial charge < -0.3 is 14.6 Å². The highest BCUT2D eigenvalue weighted by atomic mass is 16.5. The second kappa shape index (κ2) is 4.80. The van der Waals surface area contributed by atoms with E-state index in [1.54, 1.807) is 7.11 Å². The average molecular weight is 264 g/mol. The molecule has 1 aliphatic rings. The van der Waals surface area contributed by atoms with Crippen molar-refractivity contribution in [1.29, 1.82) is 0 Å². The lowest BCUT2D eigenvalue weighted by molar-refractivity contribution is -0.158. The van der Waals surface area contributed by atoms with Gasteiger partial charge in [0.2, 0.25) is 0 Å². The molecule has 1 aliphatic heterocycles. The molecule has 3 heteroatoms. The smallest absolute Gasteiger partial charge is 0.122 e. The summed E-state index contributed by atoms with van der Waals surface area (Å²) in [6.07, 6.45) is 0. The second-order valence-electron chi connectivity index (χ2n) is 6.25. The quantitative estimate of drug-likeness (QED) is 0.909. The summed E-state index contributed by atoms with van der Waals surface area (Å²) in [6, 6.07) is 6.24. The van der Waals surface area contributed by atoms with E-state index in [0.29, 0.717) is 19.1 Å². The number of benzene rings is 1. The molecule has 1 fully saturated rings. The molecule has 0 unspecified atom stereocenters. The van der Waals surface area contributed by atoms with Crippen LogP contribution in [0.2, 0.25) is 0 Å². The number of aliphatic hydroxyl groups is 1. The standard InChI is InChI=1S/C16H24O3/c1-11(2)12-6-7-14(18-5)13(8-12)16(9-19-10-16)15(3,4)17/h6-8,11,17H,9-10H2,1-5H3. The Labute approximate surface area is 115 Å². The van der Waals surface area contributed by atoms with Gasteiger partial charge in [0.1, 0.15) is 5.75 Å². The molecule has 2 rings (SSSR count). The van der Waals surface area contributed by atoms with Gasteiger partial charge in [-0.1, -0.05) is 26.0 Å². The SMILES string of the molecule is COc1ccc(C(C)C)cc1C1(C(C)(C)O)COC1. The normalized spacial score (nSPS) is 18.3. The highest BCUT2D eigenvalue weighted by molar-refractivity contribution is 5.46. The fraction of sp³-hybridized carbons (Fsp3) is 0.625. The first kappa shape index (κ1) is 14.4. The Bertz CT molecular complexity index is 454. The number of rotatable bonds is 4. The van der Waals surface area contributed by atoms with E-state index < -0.39 is 5.60 Å². The summed E-state index contributed by atoms with van der Waals surface area (Å²) >= 11 is 0. The number of methoxy groups -OCH3 is 1. The first-order chi connectivity index (χ1) is 8.82. The molecule has 0 radical (unpaired) electrons. The van der Waals surface area contributed by atoms with Crippen molar-refractivity contribution >= 4 is 0 Å². The van der Waals surface area contributed by atoms with Crippen LogP contribution in [-0.4, -0.2) is 31.0 Å². The summed E-state index contributed by atoms with van der Waals surface area (Å²) in [4.78, 5) is 0. The van der Waals surface area contributed by atoms with Crippen LogP contribution >= 0.6 is 0 Å². The van der Waals surface area contributed by atoms with Gasteiger partial charge in [0.25, 0.3) is 0 Å². The van der Waals surface area contributed by atoms with Crippen LogP contribution in [0.1, 0.15) is 44.7 Å². The second-order valence-corrected chi connectivity index (χ2v) is 6.25. The van der Waals surface area contributed by atoms with Gasteiger partial charge in [-0.2, -0.15) is 0 Å². The van der Waals surface area contributed by atoms with Gasteiger partial charge >= 0.3 is 0 Å². The minimum absolute atomic E-state index is 0.372. The molecular formula is C16H24O3. The third-order valence-electron chi connectivity index (χ3n) is 4.27. The third-order valence-corrected chi connectivity index (χ3v) is 4.27. The summed E-state index contributed by atoms with van der Waals surface area (Å²) in [5.41, 5.74) is 1.10. The van der Waals surface area contributed by atoms with E-state index in [-0.39, 0.29) is 5.41 Å². The Morgan fingerprint density at radius 1 is 1.32 bits per heavy atom. The molecule has 3 nitrogen and oxygen atoms in total. The predicted octanol–water partition coefficient (Wildman–Crippen LogP) is 2.86. The zero-order chi connectivity index (χ0) is 14.3. The Hall–Kier alpha value is -1.06. The zero-order valence-electron chi connectivity index (χ0n) is 12.5. The van der Waals surface area contributed by atoms with E-state index in [1.807, 2.05) is 19.9 Å². The molecule has 1 aromatic carbocycles. The maximum absolute atomic E-state index is 10.6. The van der Waals surface area contributed by atoms with E-state index in [4.69, 9.17) is 9.47 Å². The van der Waals surface area contributed by atoms with E-state index in [2.05, 4.69) is 26.0 Å². The van der Waals surface area contributed by atoms with Gasteiger partial charge in [-0.15, -0.1) is 0 Å². The fourth-order valence-electron chi connectivity index (χ4n) is 2.60. The van der Waals surface area contributed by atoms with E-state index in [0.717, 1.165) is 11.3 Å². The maximum Gasteiger partial charge on any atom is 0.122 e. The zero-order valence-corrected chi connectivity index (χ0v) is 12.5.